The van der Waals surface area contributed by atoms with Gasteiger partial charge in [-0.2, -0.15) is 5.26 Å². The Hall–Kier alpha value is -4.17. The zero-order valence-electron chi connectivity index (χ0n) is 19.5. The molecule has 0 aliphatic carbocycles. The number of hydrogen-bond acceptors (Lipinski definition) is 7. The summed E-state index contributed by atoms with van der Waals surface area (Å²) in [5.74, 6) is -2.26. The topological polar surface area (TPSA) is 142 Å². The third-order valence-corrected chi connectivity index (χ3v) is 6.05. The van der Waals surface area contributed by atoms with Crippen LogP contribution in [-0.4, -0.2) is 32.1 Å². The van der Waals surface area contributed by atoms with E-state index >= 15 is 0 Å². The van der Waals surface area contributed by atoms with Crippen molar-refractivity contribution in [1.82, 2.24) is 13.7 Å². The molecule has 0 radical (unpaired) electrons. The Balaban J connectivity index is 1.85. The van der Waals surface area contributed by atoms with Crippen molar-refractivity contribution in [3.05, 3.63) is 83.7 Å². The molecule has 0 aliphatic rings. The van der Waals surface area contributed by atoms with E-state index in [-0.39, 0.29) is 11.4 Å². The van der Waals surface area contributed by atoms with Gasteiger partial charge in [0.05, 0.1) is 0 Å². The lowest BCUT2D eigenvalue weighted by atomic mass is 10.1. The molecule has 0 unspecified atom stereocenters. The number of ether oxygens (including phenoxy) is 1. The number of nitrogens with two attached hydrogens (primary N) is 1. The summed E-state index contributed by atoms with van der Waals surface area (Å²) >= 11 is 3.41. The average Bonchev–Trinajstić information content (AvgIpc) is 3.11. The van der Waals surface area contributed by atoms with Crippen molar-refractivity contribution in [3.63, 3.8) is 0 Å². The molecule has 0 spiro atoms. The summed E-state index contributed by atoms with van der Waals surface area (Å²) in [4.78, 5) is 49.3. The fourth-order valence-corrected chi connectivity index (χ4v) is 3.88. The predicted molar refractivity (Wildman–Crippen MR) is 133 cm³/mol. The summed E-state index contributed by atoms with van der Waals surface area (Å²) in [7, 11) is 2.51. The first-order valence-corrected chi connectivity index (χ1v) is 11.1. The Morgan fingerprint density at radius 3 is 2.37 bits per heavy atom. The first-order chi connectivity index (χ1) is 16.5. The molecule has 10 nitrogen and oxygen atoms in total. The second-order valence-electron chi connectivity index (χ2n) is 7.77. The zero-order chi connectivity index (χ0) is 26.0. The summed E-state index contributed by atoms with van der Waals surface area (Å²) in [6.07, 6.45) is 1.38. The highest BCUT2D eigenvalue weighted by Crippen LogP contribution is 2.24. The monoisotopic (exact) mass is 539 g/mol. The number of benzene rings is 1. The number of rotatable bonds is 6. The number of anilines is 1. The van der Waals surface area contributed by atoms with Gasteiger partial charge in [-0.15, -0.1) is 0 Å². The largest absolute Gasteiger partial charge is 0.453 e. The van der Waals surface area contributed by atoms with Gasteiger partial charge in [-0.3, -0.25) is 18.7 Å². The van der Waals surface area contributed by atoms with Gasteiger partial charge < -0.3 is 15.0 Å². The van der Waals surface area contributed by atoms with Crippen LogP contribution >= 0.6 is 15.9 Å². The number of nitrogen functional groups attached to an aromatic ring is 1. The van der Waals surface area contributed by atoms with Crippen molar-refractivity contribution in [2.24, 2.45) is 14.1 Å². The number of ketones is 1. The zero-order valence-corrected chi connectivity index (χ0v) is 21.0. The SMILES string of the molecule is Cc1cc(/C=C(\C#N)C(=O)OCC(=O)c2c(N)n(C)c(=O)n(C)c2=O)c(C)n1-c1ccc(Br)cc1. The van der Waals surface area contributed by atoms with Gasteiger partial charge >= 0.3 is 11.7 Å². The van der Waals surface area contributed by atoms with Crippen molar-refractivity contribution >= 4 is 39.6 Å². The minimum absolute atomic E-state index is 0.324. The van der Waals surface area contributed by atoms with E-state index < -0.39 is 35.2 Å². The molecule has 2 aromatic heterocycles. The second-order valence-corrected chi connectivity index (χ2v) is 8.69. The molecule has 0 fully saturated rings. The highest BCUT2D eigenvalue weighted by molar-refractivity contribution is 9.10. The number of carbonyl (C=O) groups excluding carboxylic acids is 2. The lowest BCUT2D eigenvalue weighted by Gasteiger charge is -2.11. The molecular weight excluding hydrogens is 518 g/mol. The lowest BCUT2D eigenvalue weighted by molar-refractivity contribution is -0.137. The summed E-state index contributed by atoms with van der Waals surface area (Å²) in [5, 5.41) is 9.52. The van der Waals surface area contributed by atoms with Gasteiger partial charge in [-0.05, 0) is 55.8 Å². The highest BCUT2D eigenvalue weighted by Gasteiger charge is 2.22. The van der Waals surface area contributed by atoms with Crippen LogP contribution in [0.25, 0.3) is 11.8 Å². The van der Waals surface area contributed by atoms with Gasteiger partial charge in [0.2, 0.25) is 5.78 Å². The maximum Gasteiger partial charge on any atom is 0.349 e. The molecule has 0 aliphatic heterocycles. The number of carbonyl (C=O) groups is 2. The number of nitrogens with zero attached hydrogens (tertiary/aromatic N) is 4. The van der Waals surface area contributed by atoms with Crippen molar-refractivity contribution in [2.45, 2.75) is 13.8 Å². The molecule has 3 rings (SSSR count). The summed E-state index contributed by atoms with van der Waals surface area (Å²) < 4.78 is 9.58. The fraction of sp³-hybridized carbons (Fsp3) is 0.208. The van der Waals surface area contributed by atoms with Crippen LogP contribution in [0.3, 0.4) is 0 Å². The summed E-state index contributed by atoms with van der Waals surface area (Å²) in [6, 6.07) is 11.3. The van der Waals surface area contributed by atoms with E-state index in [2.05, 4.69) is 15.9 Å². The van der Waals surface area contributed by atoms with Gasteiger partial charge in [-0.1, -0.05) is 15.9 Å². The third-order valence-electron chi connectivity index (χ3n) is 5.52. The molecule has 1 aromatic carbocycles. The minimum Gasteiger partial charge on any atom is -0.453 e. The normalized spacial score (nSPS) is 11.3. The number of esters is 1. The average molecular weight is 540 g/mol. The smallest absolute Gasteiger partial charge is 0.349 e. The second kappa shape index (κ2) is 9.99. The van der Waals surface area contributed by atoms with E-state index in [1.807, 2.05) is 48.7 Å². The van der Waals surface area contributed by atoms with Crippen LogP contribution in [0.1, 0.15) is 27.3 Å². The molecule has 0 bridgehead atoms. The van der Waals surface area contributed by atoms with E-state index in [9.17, 15) is 24.4 Å². The first kappa shape index (κ1) is 25.5. The number of halogens is 1. The quantitative estimate of drug-likeness (QED) is 0.219. The molecule has 2 heterocycles. The summed E-state index contributed by atoms with van der Waals surface area (Å²) in [6.45, 7) is 2.92. The Kier molecular flexibility index (Phi) is 7.26. The fourth-order valence-electron chi connectivity index (χ4n) is 3.62. The predicted octanol–water partition coefficient (Wildman–Crippen LogP) is 2.17. The molecule has 2 N–H and O–H groups in total. The van der Waals surface area contributed by atoms with E-state index in [1.165, 1.54) is 20.2 Å². The van der Waals surface area contributed by atoms with E-state index in [0.717, 1.165) is 30.7 Å². The number of nitriles is 1. The summed E-state index contributed by atoms with van der Waals surface area (Å²) in [5.41, 5.74) is 6.58. The lowest BCUT2D eigenvalue weighted by Crippen LogP contribution is -2.42. The van der Waals surface area contributed by atoms with E-state index in [0.29, 0.717) is 5.56 Å². The maximum absolute atomic E-state index is 12.6. The van der Waals surface area contributed by atoms with Crippen LogP contribution < -0.4 is 17.0 Å². The molecule has 11 heteroatoms. The highest BCUT2D eigenvalue weighted by atomic mass is 79.9. The van der Waals surface area contributed by atoms with E-state index in [1.54, 1.807) is 6.07 Å². The molecule has 180 valence electrons. The van der Waals surface area contributed by atoms with Crippen LogP contribution in [0.15, 0.2) is 50.0 Å². The molecular formula is C24H22BrN5O5. The molecule has 35 heavy (non-hydrogen) atoms. The maximum atomic E-state index is 12.6. The number of Topliss-reactive ketones (excluding diaryl/α,β-unsaturated/α-hetero) is 1. The van der Waals surface area contributed by atoms with Gasteiger partial charge in [-0.25, -0.2) is 9.59 Å². The molecule has 0 atom stereocenters. The molecule has 0 saturated carbocycles. The van der Waals surface area contributed by atoms with Crippen LogP contribution in [0.4, 0.5) is 5.82 Å². The molecule has 3 aromatic rings. The van der Waals surface area contributed by atoms with Gasteiger partial charge in [0.25, 0.3) is 5.56 Å². The van der Waals surface area contributed by atoms with Crippen molar-refractivity contribution in [1.29, 1.82) is 5.26 Å². The van der Waals surface area contributed by atoms with Crippen LogP contribution in [0, 0.1) is 25.2 Å². The Labute approximate surface area is 208 Å². The van der Waals surface area contributed by atoms with Crippen LogP contribution in [0.2, 0.25) is 0 Å². The third kappa shape index (κ3) is 4.88. The number of aryl methyl sites for hydroxylation is 1. The molecule has 0 saturated heterocycles. The number of hydrogen-bond donors (Lipinski definition) is 1. The van der Waals surface area contributed by atoms with Crippen molar-refractivity contribution in [3.8, 4) is 11.8 Å². The van der Waals surface area contributed by atoms with Crippen LogP contribution in [-0.2, 0) is 23.6 Å². The number of aromatic nitrogens is 3. The Morgan fingerprint density at radius 1 is 1.14 bits per heavy atom. The molecule has 0 amide bonds. The minimum atomic E-state index is -1.03. The Morgan fingerprint density at radius 2 is 1.77 bits per heavy atom. The standard InChI is InChI=1S/C24H22BrN5O5/c1-13-9-15(14(2)30(13)18-7-5-17(25)6-8-18)10-16(11-26)23(33)35-12-19(31)20-21(27)28(3)24(34)29(4)22(20)32/h5-10H,12,27H2,1-4H3/b16-10+. The van der Waals surface area contributed by atoms with Crippen LogP contribution in [0.5, 0.6) is 0 Å². The van der Waals surface area contributed by atoms with E-state index in [4.69, 9.17) is 10.5 Å². The van der Waals surface area contributed by atoms with Gasteiger partial charge in [0, 0.05) is 35.6 Å². The van der Waals surface area contributed by atoms with Crippen molar-refractivity contribution in [2.75, 3.05) is 12.3 Å². The Bertz CT molecular complexity index is 1530. The first-order valence-electron chi connectivity index (χ1n) is 10.3. The van der Waals surface area contributed by atoms with Crippen molar-refractivity contribution < 1.29 is 14.3 Å². The van der Waals surface area contributed by atoms with Gasteiger partial charge in [0.15, 0.2) is 6.61 Å². The van der Waals surface area contributed by atoms with Gasteiger partial charge in [0.1, 0.15) is 23.0 Å².